The summed E-state index contributed by atoms with van der Waals surface area (Å²) in [5.74, 6) is 0. The molecule has 0 amide bonds. The van der Waals surface area contributed by atoms with Crippen molar-refractivity contribution >= 4 is 43.5 Å². The molecule has 0 saturated heterocycles. The van der Waals surface area contributed by atoms with Gasteiger partial charge in [0, 0.05) is 23.7 Å². The molecule has 0 N–H and O–H groups in total. The molecule has 0 saturated carbocycles. The van der Waals surface area contributed by atoms with E-state index in [-0.39, 0.29) is 5.16 Å². The van der Waals surface area contributed by atoms with Crippen LogP contribution in [0, 0.1) is 0 Å². The van der Waals surface area contributed by atoms with Gasteiger partial charge in [-0.1, -0.05) is 188 Å². The fraction of sp³-hybridized carbons (Fsp3) is 0.158. The van der Waals surface area contributed by atoms with Crippen molar-refractivity contribution in [3.8, 4) is 0 Å². The monoisotopic (exact) mass is 594 g/mol. The number of imidazole rings is 1. The van der Waals surface area contributed by atoms with Crippen LogP contribution in [0.15, 0.2) is 163 Å². The van der Waals surface area contributed by atoms with Gasteiger partial charge in [0.15, 0.2) is 0 Å². The van der Waals surface area contributed by atoms with Gasteiger partial charge in [-0.05, 0) is 17.2 Å². The molecule has 0 fully saturated rings. The molecule has 1 unspecified atom stereocenters. The van der Waals surface area contributed by atoms with E-state index < -0.39 is 8.80 Å². The number of hydrogen-bond donors (Lipinski definition) is 0. The first-order valence-corrected chi connectivity index (χ1v) is 17.6. The number of benzene rings is 4. The standard InChI is InChI=1S/C25H26N2SSi.C13H13B/c1-2-18-29(24-15-9-14-23(28)19-24)25(27-17-16-26-20-27,21-10-5-3-6-11-21)22-12-7-4-8-13-22;1-14(12-8-4-2-5-9-12)13-10-6-3-7-11-13/h3-13,15-17,19-20,29H,2,14,18H2,1H3;2-11H,1H3. The molecule has 0 spiro atoms. The average Bonchev–Trinajstić information content (AvgIpc) is 3.62. The van der Waals surface area contributed by atoms with Crippen molar-refractivity contribution in [1.29, 1.82) is 0 Å². The highest BCUT2D eigenvalue weighted by Gasteiger charge is 2.45. The van der Waals surface area contributed by atoms with E-state index in [0.717, 1.165) is 17.7 Å². The third-order valence-corrected chi connectivity index (χ3v) is 13.0. The second-order valence-corrected chi connectivity index (χ2v) is 14.8. The topological polar surface area (TPSA) is 17.8 Å². The van der Waals surface area contributed by atoms with E-state index in [1.165, 1.54) is 33.3 Å². The Hall–Kier alpha value is -4.06. The van der Waals surface area contributed by atoms with Crippen molar-refractivity contribution in [3.05, 3.63) is 175 Å². The number of thiocarbonyl (C=S) groups is 1. The van der Waals surface area contributed by atoms with Crippen molar-refractivity contribution in [3.63, 3.8) is 0 Å². The maximum atomic E-state index is 5.62. The zero-order chi connectivity index (χ0) is 29.9. The Morgan fingerprint density at radius 1 is 0.791 bits per heavy atom. The third kappa shape index (κ3) is 6.96. The number of hydrogen-bond acceptors (Lipinski definition) is 2. The smallest absolute Gasteiger partial charge is 0.206 e. The molecule has 2 nitrogen and oxygen atoms in total. The molecule has 5 aromatic rings. The van der Waals surface area contributed by atoms with E-state index in [4.69, 9.17) is 12.2 Å². The molecule has 1 aliphatic rings. The SMILES string of the molecule is CB(c1ccccc1)c1ccccc1.CCC[SiH](C1=CC(=S)CC=C1)C(c1ccccc1)(c1ccccc1)n1ccnc1. The van der Waals surface area contributed by atoms with Crippen molar-refractivity contribution in [2.45, 2.75) is 37.8 Å². The van der Waals surface area contributed by atoms with Crippen molar-refractivity contribution in [1.82, 2.24) is 9.55 Å². The summed E-state index contributed by atoms with van der Waals surface area (Å²) in [5.41, 5.74) is 5.39. The molecular formula is C38H39BN2SSi. The largest absolute Gasteiger partial charge is 0.326 e. The quantitative estimate of drug-likeness (QED) is 0.129. The van der Waals surface area contributed by atoms with E-state index in [1.807, 2.05) is 12.5 Å². The van der Waals surface area contributed by atoms with Crippen LogP contribution >= 0.6 is 12.2 Å². The average molecular weight is 595 g/mol. The van der Waals surface area contributed by atoms with Crippen LogP contribution in [0.5, 0.6) is 0 Å². The van der Waals surface area contributed by atoms with E-state index >= 15 is 0 Å². The summed E-state index contributed by atoms with van der Waals surface area (Å²) in [7, 11) is -1.64. The highest BCUT2D eigenvalue weighted by molar-refractivity contribution is 7.80. The van der Waals surface area contributed by atoms with Crippen LogP contribution in [0.25, 0.3) is 0 Å². The third-order valence-electron chi connectivity index (χ3n) is 8.38. The molecule has 1 atom stereocenters. The first-order valence-electron chi connectivity index (χ1n) is 15.2. The molecule has 1 heterocycles. The first kappa shape index (κ1) is 30.4. The second kappa shape index (κ2) is 14.9. The highest BCUT2D eigenvalue weighted by Crippen LogP contribution is 2.41. The summed E-state index contributed by atoms with van der Waals surface area (Å²) in [6, 6.07) is 44.3. The molecule has 0 radical (unpaired) electrons. The van der Waals surface area contributed by atoms with E-state index in [0.29, 0.717) is 6.71 Å². The number of rotatable bonds is 9. The molecule has 0 bridgehead atoms. The number of aromatic nitrogens is 2. The van der Waals surface area contributed by atoms with Gasteiger partial charge in [0.2, 0.25) is 6.71 Å². The molecule has 0 aliphatic heterocycles. The van der Waals surface area contributed by atoms with Gasteiger partial charge in [-0.3, -0.25) is 0 Å². The lowest BCUT2D eigenvalue weighted by Gasteiger charge is -2.43. The predicted molar refractivity (Wildman–Crippen MR) is 192 cm³/mol. The fourth-order valence-electron chi connectivity index (χ4n) is 6.30. The van der Waals surface area contributed by atoms with Crippen LogP contribution in [-0.4, -0.2) is 29.9 Å². The van der Waals surface area contributed by atoms with Gasteiger partial charge in [-0.15, -0.1) is 0 Å². The van der Waals surface area contributed by atoms with Crippen molar-refractivity contribution in [2.24, 2.45) is 0 Å². The van der Waals surface area contributed by atoms with Gasteiger partial charge in [-0.25, -0.2) is 4.98 Å². The van der Waals surface area contributed by atoms with E-state index in [9.17, 15) is 0 Å². The lowest BCUT2D eigenvalue weighted by Crippen LogP contribution is -2.51. The summed E-state index contributed by atoms with van der Waals surface area (Å²) in [6.45, 7) is 5.02. The fourth-order valence-corrected chi connectivity index (χ4v) is 10.9. The van der Waals surface area contributed by atoms with Crippen LogP contribution in [0.2, 0.25) is 12.9 Å². The van der Waals surface area contributed by atoms with Crippen LogP contribution in [0.4, 0.5) is 0 Å². The molecule has 1 aliphatic carbocycles. The predicted octanol–water partition coefficient (Wildman–Crippen LogP) is 7.57. The highest BCUT2D eigenvalue weighted by atomic mass is 32.1. The van der Waals surface area contributed by atoms with Crippen LogP contribution in [-0.2, 0) is 5.16 Å². The zero-order valence-corrected chi connectivity index (χ0v) is 27.1. The van der Waals surface area contributed by atoms with Crippen molar-refractivity contribution < 1.29 is 0 Å². The second-order valence-electron chi connectivity index (χ2n) is 11.1. The van der Waals surface area contributed by atoms with Gasteiger partial charge in [0.1, 0.15) is 8.80 Å². The molecule has 4 aromatic carbocycles. The summed E-state index contributed by atoms with van der Waals surface area (Å²) in [5, 5.41) is 1.17. The Morgan fingerprint density at radius 3 is 1.74 bits per heavy atom. The lowest BCUT2D eigenvalue weighted by atomic mass is 9.43. The Labute approximate surface area is 264 Å². The van der Waals surface area contributed by atoms with Gasteiger partial charge in [0.05, 0.1) is 11.5 Å². The molecule has 5 heteroatoms. The van der Waals surface area contributed by atoms with Gasteiger partial charge >= 0.3 is 0 Å². The lowest BCUT2D eigenvalue weighted by molar-refractivity contribution is 0.580. The zero-order valence-electron chi connectivity index (χ0n) is 25.1. The van der Waals surface area contributed by atoms with Crippen LogP contribution < -0.4 is 10.9 Å². The molecule has 43 heavy (non-hydrogen) atoms. The maximum Gasteiger partial charge on any atom is 0.206 e. The maximum absolute atomic E-state index is 5.62. The summed E-state index contributed by atoms with van der Waals surface area (Å²) in [6.07, 6.45) is 14.9. The Bertz CT molecular complexity index is 1540. The van der Waals surface area contributed by atoms with E-state index in [1.54, 1.807) is 0 Å². The molecule has 6 rings (SSSR count). The minimum Gasteiger partial charge on any atom is -0.326 e. The molecular weight excluding hydrogens is 555 g/mol. The van der Waals surface area contributed by atoms with Gasteiger partial charge < -0.3 is 4.57 Å². The van der Waals surface area contributed by atoms with Gasteiger partial charge in [-0.2, -0.15) is 0 Å². The summed E-state index contributed by atoms with van der Waals surface area (Å²) < 4.78 is 2.34. The van der Waals surface area contributed by atoms with Crippen LogP contribution in [0.3, 0.4) is 0 Å². The minimum atomic E-state index is -1.64. The Morgan fingerprint density at radius 2 is 1.30 bits per heavy atom. The molecule has 214 valence electrons. The number of allylic oxidation sites excluding steroid dienone is 4. The first-order chi connectivity index (χ1) is 21.1. The molecule has 1 aromatic heterocycles. The normalized spacial score (nSPS) is 13.4. The Balaban J connectivity index is 0.000000220. The minimum absolute atomic E-state index is 0.266. The van der Waals surface area contributed by atoms with E-state index in [2.05, 4.69) is 169 Å². The Kier molecular flexibility index (Phi) is 10.5. The number of nitrogens with zero attached hydrogens (tertiary/aromatic N) is 2. The summed E-state index contributed by atoms with van der Waals surface area (Å²) in [4.78, 5) is 5.50. The van der Waals surface area contributed by atoms with Crippen molar-refractivity contribution in [2.75, 3.05) is 0 Å². The van der Waals surface area contributed by atoms with Gasteiger partial charge in [0.25, 0.3) is 0 Å². The summed E-state index contributed by atoms with van der Waals surface area (Å²) >= 11 is 5.62. The van der Waals surface area contributed by atoms with Crippen LogP contribution in [0.1, 0.15) is 30.9 Å².